The van der Waals surface area contributed by atoms with Crippen molar-refractivity contribution in [1.82, 2.24) is 9.47 Å². The fourth-order valence-electron chi connectivity index (χ4n) is 3.53. The van der Waals surface area contributed by atoms with Crippen LogP contribution in [0.2, 0.25) is 0 Å². The summed E-state index contributed by atoms with van der Waals surface area (Å²) in [6.07, 6.45) is 5.53. The molecule has 0 radical (unpaired) electrons. The van der Waals surface area contributed by atoms with Crippen LogP contribution in [0.5, 0.6) is 0 Å². The van der Waals surface area contributed by atoms with Gasteiger partial charge >= 0.3 is 0 Å². The van der Waals surface area contributed by atoms with Crippen molar-refractivity contribution in [1.29, 1.82) is 0 Å². The van der Waals surface area contributed by atoms with Crippen molar-refractivity contribution >= 4 is 5.91 Å². The van der Waals surface area contributed by atoms with Gasteiger partial charge < -0.3 is 13.9 Å². The highest BCUT2D eigenvalue weighted by Crippen LogP contribution is 2.31. The molecule has 0 spiro atoms. The van der Waals surface area contributed by atoms with Gasteiger partial charge in [0.2, 0.25) is 0 Å². The van der Waals surface area contributed by atoms with Gasteiger partial charge in [-0.2, -0.15) is 0 Å². The highest BCUT2D eigenvalue weighted by Gasteiger charge is 2.26. The molecule has 4 rings (SSSR count). The highest BCUT2D eigenvalue weighted by molar-refractivity contribution is 5.95. The van der Waals surface area contributed by atoms with Gasteiger partial charge in [-0.1, -0.05) is 6.07 Å². The Morgan fingerprint density at radius 1 is 1.21 bits per heavy atom. The minimum atomic E-state index is 0.0187. The lowest BCUT2D eigenvalue weighted by molar-refractivity contribution is 0.0761. The molecule has 1 amide bonds. The standard InChI is InChI=1S/C19H22N2O3/c1-13-16(8-11-24-13)19(23)20-9-6-15-4-5-18(22)21(12-14-2-3-14)17(15)7-10-20/h4-5,8,11,14H,2-3,6-7,9-10,12H2,1H3. The predicted octanol–water partition coefficient (Wildman–Crippen LogP) is 2.40. The van der Waals surface area contributed by atoms with E-state index in [1.807, 2.05) is 22.5 Å². The molecule has 1 saturated carbocycles. The van der Waals surface area contributed by atoms with E-state index in [0.29, 0.717) is 30.3 Å². The van der Waals surface area contributed by atoms with Crippen molar-refractivity contribution in [3.05, 3.63) is 57.4 Å². The van der Waals surface area contributed by atoms with E-state index in [-0.39, 0.29) is 11.5 Å². The minimum absolute atomic E-state index is 0.0187. The molecule has 0 saturated heterocycles. The maximum absolute atomic E-state index is 12.7. The summed E-state index contributed by atoms with van der Waals surface area (Å²) in [6.45, 7) is 3.96. The summed E-state index contributed by atoms with van der Waals surface area (Å²) < 4.78 is 7.21. The number of hydrogen-bond donors (Lipinski definition) is 0. The van der Waals surface area contributed by atoms with Crippen LogP contribution in [0.1, 0.15) is 40.2 Å². The topological polar surface area (TPSA) is 55.5 Å². The van der Waals surface area contributed by atoms with Crippen LogP contribution in [0.25, 0.3) is 0 Å². The Kier molecular flexibility index (Phi) is 3.79. The molecule has 2 aromatic heterocycles. The average molecular weight is 326 g/mol. The van der Waals surface area contributed by atoms with E-state index in [9.17, 15) is 9.59 Å². The molecule has 0 atom stereocenters. The first kappa shape index (κ1) is 15.2. The second-order valence-corrected chi connectivity index (χ2v) is 6.88. The molecule has 2 aromatic rings. The molecular weight excluding hydrogens is 304 g/mol. The first-order chi connectivity index (χ1) is 11.6. The third-order valence-corrected chi connectivity index (χ3v) is 5.17. The number of nitrogens with zero attached hydrogens (tertiary/aromatic N) is 2. The summed E-state index contributed by atoms with van der Waals surface area (Å²) in [5.41, 5.74) is 3.05. The van der Waals surface area contributed by atoms with Gasteiger partial charge in [0.25, 0.3) is 11.5 Å². The van der Waals surface area contributed by atoms with Crippen molar-refractivity contribution in [2.24, 2.45) is 5.92 Å². The lowest BCUT2D eigenvalue weighted by Gasteiger charge is -2.20. The van der Waals surface area contributed by atoms with E-state index in [0.717, 1.165) is 25.1 Å². The Labute approximate surface area is 140 Å². The quantitative estimate of drug-likeness (QED) is 0.870. The number of aryl methyl sites for hydroxylation is 1. The van der Waals surface area contributed by atoms with Crippen LogP contribution in [0.4, 0.5) is 0 Å². The van der Waals surface area contributed by atoms with Gasteiger partial charge in [0.05, 0.1) is 11.8 Å². The fraction of sp³-hybridized carbons (Fsp3) is 0.474. The highest BCUT2D eigenvalue weighted by atomic mass is 16.3. The lowest BCUT2D eigenvalue weighted by atomic mass is 10.1. The van der Waals surface area contributed by atoms with Crippen LogP contribution in [-0.2, 0) is 19.4 Å². The van der Waals surface area contributed by atoms with Crippen LogP contribution in [-0.4, -0.2) is 28.5 Å². The molecule has 1 aliphatic heterocycles. The molecule has 3 heterocycles. The van der Waals surface area contributed by atoms with Crippen molar-refractivity contribution in [2.45, 2.75) is 39.2 Å². The van der Waals surface area contributed by atoms with E-state index in [4.69, 9.17) is 4.42 Å². The number of rotatable bonds is 3. The van der Waals surface area contributed by atoms with Crippen LogP contribution >= 0.6 is 0 Å². The maximum atomic E-state index is 12.7. The monoisotopic (exact) mass is 326 g/mol. The number of furan rings is 1. The van der Waals surface area contributed by atoms with Crippen molar-refractivity contribution in [3.8, 4) is 0 Å². The third-order valence-electron chi connectivity index (χ3n) is 5.17. The molecule has 0 bridgehead atoms. The van der Waals surface area contributed by atoms with Gasteiger partial charge in [-0.3, -0.25) is 9.59 Å². The lowest BCUT2D eigenvalue weighted by Crippen LogP contribution is -2.33. The molecule has 5 heteroatoms. The molecular formula is C19H22N2O3. The fourth-order valence-corrected chi connectivity index (χ4v) is 3.53. The number of hydrogen-bond acceptors (Lipinski definition) is 3. The molecule has 0 unspecified atom stereocenters. The van der Waals surface area contributed by atoms with Crippen LogP contribution in [0, 0.1) is 12.8 Å². The van der Waals surface area contributed by atoms with E-state index < -0.39 is 0 Å². The molecule has 1 fully saturated rings. The Balaban J connectivity index is 1.58. The summed E-state index contributed by atoms with van der Waals surface area (Å²) >= 11 is 0. The van der Waals surface area contributed by atoms with Gasteiger partial charge in [0.15, 0.2) is 0 Å². The number of carbonyl (C=O) groups excluding carboxylic acids is 1. The maximum Gasteiger partial charge on any atom is 0.257 e. The SMILES string of the molecule is Cc1occc1C(=O)N1CCc2ccc(=O)n(CC3CC3)c2CC1. The summed E-state index contributed by atoms with van der Waals surface area (Å²) in [5, 5.41) is 0. The van der Waals surface area contributed by atoms with E-state index in [1.54, 1.807) is 18.4 Å². The molecule has 126 valence electrons. The zero-order chi connectivity index (χ0) is 16.7. The van der Waals surface area contributed by atoms with E-state index >= 15 is 0 Å². The number of amides is 1. The average Bonchev–Trinajstić information content (AvgIpc) is 3.33. The zero-order valence-corrected chi connectivity index (χ0v) is 14.0. The van der Waals surface area contributed by atoms with Gasteiger partial charge in [-0.25, -0.2) is 0 Å². The first-order valence-corrected chi connectivity index (χ1v) is 8.68. The molecule has 0 N–H and O–H groups in total. The molecule has 0 aromatic carbocycles. The smallest absolute Gasteiger partial charge is 0.257 e. The molecule has 24 heavy (non-hydrogen) atoms. The Bertz CT molecular complexity index is 829. The van der Waals surface area contributed by atoms with Gasteiger partial charge in [0.1, 0.15) is 5.76 Å². The summed E-state index contributed by atoms with van der Waals surface area (Å²) in [4.78, 5) is 26.9. The molecule has 5 nitrogen and oxygen atoms in total. The number of pyridine rings is 1. The number of carbonyl (C=O) groups is 1. The Morgan fingerprint density at radius 2 is 2.00 bits per heavy atom. The van der Waals surface area contributed by atoms with E-state index in [2.05, 4.69) is 0 Å². The zero-order valence-electron chi connectivity index (χ0n) is 14.0. The second kappa shape index (κ2) is 5.96. The van der Waals surface area contributed by atoms with Gasteiger partial charge in [-0.05, 0) is 43.7 Å². The van der Waals surface area contributed by atoms with E-state index in [1.165, 1.54) is 18.4 Å². The van der Waals surface area contributed by atoms with Crippen LogP contribution < -0.4 is 5.56 Å². The van der Waals surface area contributed by atoms with Gasteiger partial charge in [0, 0.05) is 37.8 Å². The van der Waals surface area contributed by atoms with Crippen molar-refractivity contribution in [3.63, 3.8) is 0 Å². The molecule has 1 aliphatic carbocycles. The normalized spacial score (nSPS) is 17.5. The number of aromatic nitrogens is 1. The number of fused-ring (bicyclic) bond motifs is 1. The summed E-state index contributed by atoms with van der Waals surface area (Å²) in [6, 6.07) is 5.36. The van der Waals surface area contributed by atoms with Gasteiger partial charge in [-0.15, -0.1) is 0 Å². The van der Waals surface area contributed by atoms with Crippen LogP contribution in [0.15, 0.2) is 33.7 Å². The van der Waals surface area contributed by atoms with Crippen molar-refractivity contribution in [2.75, 3.05) is 13.1 Å². The Morgan fingerprint density at radius 3 is 2.71 bits per heavy atom. The first-order valence-electron chi connectivity index (χ1n) is 8.68. The predicted molar refractivity (Wildman–Crippen MR) is 90.2 cm³/mol. The summed E-state index contributed by atoms with van der Waals surface area (Å²) in [7, 11) is 0. The minimum Gasteiger partial charge on any atom is -0.469 e. The largest absolute Gasteiger partial charge is 0.469 e. The third kappa shape index (κ3) is 2.79. The summed E-state index contributed by atoms with van der Waals surface area (Å²) in [5.74, 6) is 1.33. The van der Waals surface area contributed by atoms with Crippen LogP contribution in [0.3, 0.4) is 0 Å². The second-order valence-electron chi connectivity index (χ2n) is 6.88. The Hall–Kier alpha value is -2.30. The molecule has 2 aliphatic rings. The van der Waals surface area contributed by atoms with Crippen molar-refractivity contribution < 1.29 is 9.21 Å².